The van der Waals surface area contributed by atoms with E-state index in [1.807, 2.05) is 0 Å². The molecule has 98 valence electrons. The summed E-state index contributed by atoms with van der Waals surface area (Å²) in [7, 11) is 0. The van der Waals surface area contributed by atoms with Crippen molar-refractivity contribution in [1.29, 1.82) is 0 Å². The molecule has 0 aromatic rings. The highest BCUT2D eigenvalue weighted by Crippen LogP contribution is 2.56. The predicted molar refractivity (Wildman–Crippen MR) is 68.0 cm³/mol. The van der Waals surface area contributed by atoms with E-state index in [1.54, 1.807) is 0 Å². The van der Waals surface area contributed by atoms with Gasteiger partial charge in [-0.25, -0.2) is 0 Å². The largest absolute Gasteiger partial charge is 0.480 e. The van der Waals surface area contributed by atoms with Gasteiger partial charge in [0.05, 0.1) is 0 Å². The van der Waals surface area contributed by atoms with E-state index in [4.69, 9.17) is 0 Å². The third-order valence-corrected chi connectivity index (χ3v) is 4.58. The molecule has 0 radical (unpaired) electrons. The maximum absolute atomic E-state index is 11.2. The third kappa shape index (κ3) is 3.44. The number of hydrogen-bond acceptors (Lipinski definition) is 2. The molecule has 2 aliphatic rings. The molecule has 3 nitrogen and oxygen atoms in total. The minimum absolute atomic E-state index is 0.326. The van der Waals surface area contributed by atoms with Crippen LogP contribution in [0.2, 0.25) is 0 Å². The van der Waals surface area contributed by atoms with E-state index >= 15 is 0 Å². The zero-order valence-corrected chi connectivity index (χ0v) is 10.9. The lowest BCUT2D eigenvalue weighted by Gasteiger charge is -2.31. The molecule has 0 bridgehead atoms. The average molecular weight is 239 g/mol. The van der Waals surface area contributed by atoms with Crippen LogP contribution in [0.4, 0.5) is 0 Å². The van der Waals surface area contributed by atoms with Gasteiger partial charge >= 0.3 is 5.97 Å². The van der Waals surface area contributed by atoms with Crippen LogP contribution in [0.1, 0.15) is 64.7 Å². The van der Waals surface area contributed by atoms with E-state index in [-0.39, 0.29) is 6.04 Å². The second kappa shape index (κ2) is 5.38. The topological polar surface area (TPSA) is 49.3 Å². The Morgan fingerprint density at radius 2 is 2.00 bits per heavy atom. The summed E-state index contributed by atoms with van der Waals surface area (Å²) in [6, 6.07) is 0.118. The Hall–Kier alpha value is -0.570. The van der Waals surface area contributed by atoms with E-state index < -0.39 is 5.97 Å². The molecule has 1 atom stereocenters. The van der Waals surface area contributed by atoms with Crippen LogP contribution in [-0.4, -0.2) is 23.2 Å². The minimum atomic E-state index is -0.676. The number of carboxylic acids is 1. The fourth-order valence-corrected chi connectivity index (χ4v) is 3.04. The highest BCUT2D eigenvalue weighted by Gasteiger charge is 2.44. The van der Waals surface area contributed by atoms with Crippen LogP contribution >= 0.6 is 0 Å². The van der Waals surface area contributed by atoms with Gasteiger partial charge in [-0.05, 0) is 50.4 Å². The molecular formula is C14H25NO2. The first-order chi connectivity index (χ1) is 8.15. The molecule has 0 aromatic carbocycles. The number of aliphatic carboxylic acids is 1. The fraction of sp³-hybridized carbons (Fsp3) is 0.929. The van der Waals surface area contributed by atoms with Gasteiger partial charge in [-0.2, -0.15) is 0 Å². The SMILES string of the molecule is CCCC[C@H](NC1CCC2(CC1)CC2)C(=O)O. The van der Waals surface area contributed by atoms with Crippen LogP contribution in [-0.2, 0) is 4.79 Å². The molecule has 17 heavy (non-hydrogen) atoms. The van der Waals surface area contributed by atoms with Gasteiger partial charge in [0.25, 0.3) is 0 Å². The molecule has 0 aromatic heterocycles. The Morgan fingerprint density at radius 1 is 1.35 bits per heavy atom. The second-order valence-corrected chi connectivity index (χ2v) is 5.97. The van der Waals surface area contributed by atoms with Gasteiger partial charge in [0.15, 0.2) is 0 Å². The number of hydrogen-bond donors (Lipinski definition) is 2. The smallest absolute Gasteiger partial charge is 0.320 e. The zero-order valence-electron chi connectivity index (χ0n) is 10.9. The number of rotatable bonds is 6. The lowest BCUT2D eigenvalue weighted by Crippen LogP contribution is -2.45. The quantitative estimate of drug-likeness (QED) is 0.749. The highest BCUT2D eigenvalue weighted by molar-refractivity contribution is 5.73. The predicted octanol–water partition coefficient (Wildman–Crippen LogP) is 2.94. The van der Waals surface area contributed by atoms with Crippen LogP contribution in [0.5, 0.6) is 0 Å². The molecule has 0 saturated heterocycles. The Balaban J connectivity index is 1.75. The monoisotopic (exact) mass is 239 g/mol. The Morgan fingerprint density at radius 3 is 2.47 bits per heavy atom. The van der Waals surface area contributed by atoms with Crippen molar-refractivity contribution in [2.75, 3.05) is 0 Å². The van der Waals surface area contributed by atoms with Crippen LogP contribution < -0.4 is 5.32 Å². The lowest BCUT2D eigenvalue weighted by molar-refractivity contribution is -0.140. The first-order valence-electron chi connectivity index (χ1n) is 7.14. The number of carboxylic acid groups (broad SMARTS) is 1. The zero-order chi connectivity index (χ0) is 12.3. The maximum atomic E-state index is 11.2. The van der Waals surface area contributed by atoms with Crippen molar-refractivity contribution in [2.24, 2.45) is 5.41 Å². The number of unbranched alkanes of at least 4 members (excludes halogenated alkanes) is 1. The van der Waals surface area contributed by atoms with Crippen molar-refractivity contribution in [3.8, 4) is 0 Å². The van der Waals surface area contributed by atoms with Gasteiger partial charge < -0.3 is 10.4 Å². The van der Waals surface area contributed by atoms with Crippen molar-refractivity contribution in [3.05, 3.63) is 0 Å². The molecule has 2 saturated carbocycles. The molecule has 1 spiro atoms. The molecule has 0 unspecified atom stereocenters. The molecule has 3 heteroatoms. The molecule has 0 heterocycles. The second-order valence-electron chi connectivity index (χ2n) is 5.97. The standard InChI is InChI=1S/C14H25NO2/c1-2-3-4-12(13(16)17)15-11-5-7-14(8-6-11)9-10-14/h11-12,15H,2-10H2,1H3,(H,16,17)/t12-/m0/s1. The van der Waals surface area contributed by atoms with Crippen molar-refractivity contribution in [3.63, 3.8) is 0 Å². The lowest BCUT2D eigenvalue weighted by atomic mass is 9.83. The molecule has 2 aliphatic carbocycles. The van der Waals surface area contributed by atoms with E-state index in [2.05, 4.69) is 12.2 Å². The van der Waals surface area contributed by atoms with Crippen LogP contribution in [0.3, 0.4) is 0 Å². The van der Waals surface area contributed by atoms with Gasteiger partial charge in [-0.15, -0.1) is 0 Å². The molecule has 2 fully saturated rings. The van der Waals surface area contributed by atoms with E-state index in [1.165, 1.54) is 38.5 Å². The van der Waals surface area contributed by atoms with Crippen LogP contribution in [0.25, 0.3) is 0 Å². The first kappa shape index (κ1) is 12.9. The molecular weight excluding hydrogens is 214 g/mol. The molecule has 2 rings (SSSR count). The third-order valence-electron chi connectivity index (χ3n) is 4.58. The van der Waals surface area contributed by atoms with Crippen LogP contribution in [0, 0.1) is 5.41 Å². The fourth-order valence-electron chi connectivity index (χ4n) is 3.04. The first-order valence-corrected chi connectivity index (χ1v) is 7.14. The summed E-state index contributed by atoms with van der Waals surface area (Å²) in [6.45, 7) is 2.11. The van der Waals surface area contributed by atoms with Crippen molar-refractivity contribution < 1.29 is 9.90 Å². The summed E-state index contributed by atoms with van der Waals surface area (Å²) < 4.78 is 0. The van der Waals surface area contributed by atoms with Crippen molar-refractivity contribution in [1.82, 2.24) is 5.32 Å². The van der Waals surface area contributed by atoms with Crippen LogP contribution in [0.15, 0.2) is 0 Å². The minimum Gasteiger partial charge on any atom is -0.480 e. The van der Waals surface area contributed by atoms with Crippen molar-refractivity contribution in [2.45, 2.75) is 76.8 Å². The Bertz CT molecular complexity index is 263. The summed E-state index contributed by atoms with van der Waals surface area (Å²) in [6.07, 6.45) is 10.6. The van der Waals surface area contributed by atoms with Gasteiger partial charge in [0.2, 0.25) is 0 Å². The maximum Gasteiger partial charge on any atom is 0.320 e. The van der Waals surface area contributed by atoms with Gasteiger partial charge in [-0.1, -0.05) is 19.8 Å². The number of nitrogens with one attached hydrogen (secondary N) is 1. The summed E-state index contributed by atoms with van der Waals surface area (Å²) >= 11 is 0. The van der Waals surface area contributed by atoms with Gasteiger partial charge in [0, 0.05) is 6.04 Å². The molecule has 0 aliphatic heterocycles. The van der Waals surface area contributed by atoms with E-state index in [0.717, 1.165) is 19.3 Å². The summed E-state index contributed by atoms with van der Waals surface area (Å²) in [5, 5.41) is 12.5. The summed E-state index contributed by atoms with van der Waals surface area (Å²) in [5.41, 5.74) is 0.695. The molecule has 0 amide bonds. The van der Waals surface area contributed by atoms with E-state index in [0.29, 0.717) is 11.5 Å². The van der Waals surface area contributed by atoms with Gasteiger partial charge in [-0.3, -0.25) is 4.79 Å². The number of carbonyl (C=O) groups is 1. The summed E-state index contributed by atoms with van der Waals surface area (Å²) in [5.74, 6) is -0.676. The van der Waals surface area contributed by atoms with E-state index in [9.17, 15) is 9.90 Å². The summed E-state index contributed by atoms with van der Waals surface area (Å²) in [4.78, 5) is 11.2. The Kier molecular flexibility index (Phi) is 4.08. The average Bonchev–Trinajstić information content (AvgIpc) is 3.07. The molecule has 2 N–H and O–H groups in total. The normalized spacial score (nSPS) is 24.8. The highest BCUT2D eigenvalue weighted by atomic mass is 16.4. The van der Waals surface area contributed by atoms with Gasteiger partial charge in [0.1, 0.15) is 6.04 Å². The Labute approximate surface area is 104 Å². The van der Waals surface area contributed by atoms with Crippen molar-refractivity contribution >= 4 is 5.97 Å².